The Morgan fingerprint density at radius 2 is 1.83 bits per heavy atom. The first kappa shape index (κ1) is 17.5. The van der Waals surface area contributed by atoms with Crippen LogP contribution in [0.1, 0.15) is 24.2 Å². The van der Waals surface area contributed by atoms with Crippen LogP contribution in [0.25, 0.3) is 0 Å². The summed E-state index contributed by atoms with van der Waals surface area (Å²) >= 11 is 0. The minimum Gasteiger partial charge on any atom is -0.489 e. The van der Waals surface area contributed by atoms with Crippen LogP contribution in [0.5, 0.6) is 5.75 Å². The number of carboxylic acid groups (broad SMARTS) is 1. The molecule has 0 fully saturated rings. The second-order valence-corrected chi connectivity index (χ2v) is 5.31. The molecule has 0 saturated carbocycles. The van der Waals surface area contributed by atoms with Gasteiger partial charge >= 0.3 is 5.97 Å². The molecule has 6 nitrogen and oxygen atoms in total. The molecule has 3 N–H and O–H groups in total. The van der Waals surface area contributed by atoms with Crippen molar-refractivity contribution in [2.24, 2.45) is 0 Å². The smallest absolute Gasteiger partial charge is 0.329 e. The fraction of sp³-hybridized carbons (Fsp3) is 0.222. The molecule has 6 heteroatoms. The van der Waals surface area contributed by atoms with Crippen LogP contribution in [-0.2, 0) is 16.2 Å². The van der Waals surface area contributed by atoms with Crippen LogP contribution in [-0.4, -0.2) is 28.1 Å². The number of hydrogen-bond acceptors (Lipinski definition) is 4. The molecular formula is C18H19NO5. The monoisotopic (exact) mass is 329 g/mol. The first-order chi connectivity index (χ1) is 11.5. The largest absolute Gasteiger partial charge is 0.489 e. The quantitative estimate of drug-likeness (QED) is 0.721. The molecule has 0 aliphatic carbocycles. The molecule has 2 rings (SSSR count). The number of aliphatic hydroxyl groups excluding tert-OH is 1. The van der Waals surface area contributed by atoms with Crippen LogP contribution in [0.2, 0.25) is 0 Å². The number of amides is 1. The molecule has 2 aromatic rings. The van der Waals surface area contributed by atoms with Crippen molar-refractivity contribution in [2.45, 2.75) is 25.7 Å². The molecular weight excluding hydrogens is 310 g/mol. The van der Waals surface area contributed by atoms with Gasteiger partial charge in [0, 0.05) is 6.92 Å². The Balaban J connectivity index is 2.10. The number of nitrogens with one attached hydrogen (secondary N) is 1. The Morgan fingerprint density at radius 3 is 2.46 bits per heavy atom. The average Bonchev–Trinajstić information content (AvgIpc) is 2.58. The van der Waals surface area contributed by atoms with Crippen molar-refractivity contribution in [1.82, 2.24) is 5.32 Å². The number of carbonyl (C=O) groups is 2. The second-order valence-electron chi connectivity index (χ2n) is 5.31. The van der Waals surface area contributed by atoms with Crippen molar-refractivity contribution in [2.75, 3.05) is 0 Å². The lowest BCUT2D eigenvalue weighted by molar-refractivity contribution is -0.145. The summed E-state index contributed by atoms with van der Waals surface area (Å²) in [6, 6.07) is 14.7. The lowest BCUT2D eigenvalue weighted by atomic mass is 10.0. The molecule has 24 heavy (non-hydrogen) atoms. The Labute approximate surface area is 139 Å². The zero-order valence-corrected chi connectivity index (χ0v) is 13.2. The van der Waals surface area contributed by atoms with E-state index < -0.39 is 24.0 Å². The van der Waals surface area contributed by atoms with Gasteiger partial charge in [-0.15, -0.1) is 0 Å². The number of carboxylic acids is 1. The number of rotatable bonds is 7. The molecule has 1 unspecified atom stereocenters. The van der Waals surface area contributed by atoms with Gasteiger partial charge < -0.3 is 20.3 Å². The average molecular weight is 329 g/mol. The highest BCUT2D eigenvalue weighted by Crippen LogP contribution is 2.23. The molecule has 2 atom stereocenters. The van der Waals surface area contributed by atoms with Crippen molar-refractivity contribution in [3.63, 3.8) is 0 Å². The van der Waals surface area contributed by atoms with Gasteiger partial charge in [0.1, 0.15) is 18.5 Å². The Kier molecular flexibility index (Phi) is 5.92. The molecule has 2 aromatic carbocycles. The summed E-state index contributed by atoms with van der Waals surface area (Å²) < 4.78 is 5.66. The van der Waals surface area contributed by atoms with Crippen molar-refractivity contribution in [3.05, 3.63) is 65.7 Å². The molecule has 0 aliphatic rings. The molecule has 0 heterocycles. The minimum absolute atomic E-state index is 0.349. The van der Waals surface area contributed by atoms with Gasteiger partial charge in [-0.05, 0) is 23.3 Å². The van der Waals surface area contributed by atoms with E-state index >= 15 is 0 Å². The van der Waals surface area contributed by atoms with Gasteiger partial charge in [0.2, 0.25) is 5.91 Å². The maximum Gasteiger partial charge on any atom is 0.329 e. The highest BCUT2D eigenvalue weighted by atomic mass is 16.5. The summed E-state index contributed by atoms with van der Waals surface area (Å²) in [6.45, 7) is 1.55. The molecule has 0 spiro atoms. The molecule has 1 amide bonds. The van der Waals surface area contributed by atoms with E-state index in [1.54, 1.807) is 24.3 Å². The van der Waals surface area contributed by atoms with Gasteiger partial charge in [-0.25, -0.2) is 4.79 Å². The summed E-state index contributed by atoms with van der Waals surface area (Å²) in [7, 11) is 0. The lowest BCUT2D eigenvalue weighted by Gasteiger charge is -2.20. The van der Waals surface area contributed by atoms with Gasteiger partial charge in [-0.2, -0.15) is 0 Å². The summed E-state index contributed by atoms with van der Waals surface area (Å²) in [4.78, 5) is 22.3. The maximum atomic E-state index is 11.2. The van der Waals surface area contributed by atoms with Crippen LogP contribution in [0.15, 0.2) is 54.6 Å². The first-order valence-electron chi connectivity index (χ1n) is 7.42. The topological polar surface area (TPSA) is 95.9 Å². The van der Waals surface area contributed by atoms with Gasteiger partial charge in [-0.3, -0.25) is 4.79 Å². The van der Waals surface area contributed by atoms with Crippen molar-refractivity contribution in [3.8, 4) is 5.75 Å². The number of benzene rings is 2. The number of aliphatic carboxylic acids is 1. The van der Waals surface area contributed by atoms with Crippen LogP contribution in [0.3, 0.4) is 0 Å². The Morgan fingerprint density at radius 1 is 1.12 bits per heavy atom. The predicted molar refractivity (Wildman–Crippen MR) is 87.4 cm³/mol. The van der Waals surface area contributed by atoms with Crippen molar-refractivity contribution < 1.29 is 24.5 Å². The summed E-state index contributed by atoms with van der Waals surface area (Å²) in [6.07, 6.45) is -1.38. The standard InChI is InChI=1S/C18H19NO5/c1-12(20)19-16(18(22)23)17(21)14-8-5-9-15(10-14)24-11-13-6-3-2-4-7-13/h2-10,16-17,21H,11H2,1H3,(H,19,20)(H,22,23)/t16-,17?/m0/s1. The Bertz CT molecular complexity index is 702. The SMILES string of the molecule is CC(=O)N[C@H](C(=O)O)C(O)c1cccc(OCc2ccccc2)c1. The predicted octanol–water partition coefficient (Wildman–Crippen LogP) is 1.89. The fourth-order valence-corrected chi connectivity index (χ4v) is 2.22. The summed E-state index contributed by atoms with van der Waals surface area (Å²) in [5.74, 6) is -1.34. The van der Waals surface area contributed by atoms with E-state index in [0.29, 0.717) is 17.9 Å². The van der Waals surface area contributed by atoms with E-state index in [1.165, 1.54) is 6.92 Å². The van der Waals surface area contributed by atoms with E-state index in [4.69, 9.17) is 9.84 Å². The van der Waals surface area contributed by atoms with E-state index in [9.17, 15) is 14.7 Å². The molecule has 0 saturated heterocycles. The third-order valence-electron chi connectivity index (χ3n) is 3.39. The van der Waals surface area contributed by atoms with Gasteiger partial charge in [0.25, 0.3) is 0 Å². The minimum atomic E-state index is -1.42. The highest BCUT2D eigenvalue weighted by Gasteiger charge is 2.28. The van der Waals surface area contributed by atoms with E-state index in [1.807, 2.05) is 30.3 Å². The van der Waals surface area contributed by atoms with Crippen molar-refractivity contribution >= 4 is 11.9 Å². The number of carbonyl (C=O) groups excluding carboxylic acids is 1. The normalized spacial score (nSPS) is 12.9. The third-order valence-corrected chi connectivity index (χ3v) is 3.39. The Hall–Kier alpha value is -2.86. The molecule has 0 aliphatic heterocycles. The van der Waals surface area contributed by atoms with Gasteiger partial charge in [0.05, 0.1) is 0 Å². The zero-order valence-electron chi connectivity index (χ0n) is 13.2. The summed E-state index contributed by atoms with van der Waals surface area (Å²) in [5, 5.41) is 21.7. The van der Waals surface area contributed by atoms with E-state index in [-0.39, 0.29) is 0 Å². The third kappa shape index (κ3) is 4.82. The molecule has 0 aromatic heterocycles. The fourth-order valence-electron chi connectivity index (χ4n) is 2.22. The molecule has 126 valence electrons. The number of hydrogen-bond donors (Lipinski definition) is 3. The molecule has 0 radical (unpaired) electrons. The summed E-state index contributed by atoms with van der Waals surface area (Å²) in [5.41, 5.74) is 1.34. The van der Waals surface area contributed by atoms with Crippen LogP contribution in [0, 0.1) is 0 Å². The van der Waals surface area contributed by atoms with Crippen LogP contribution in [0.4, 0.5) is 0 Å². The highest BCUT2D eigenvalue weighted by molar-refractivity contribution is 5.82. The first-order valence-corrected chi connectivity index (χ1v) is 7.42. The maximum absolute atomic E-state index is 11.2. The lowest BCUT2D eigenvalue weighted by Crippen LogP contribution is -2.44. The van der Waals surface area contributed by atoms with E-state index in [2.05, 4.69) is 5.32 Å². The molecule has 0 bridgehead atoms. The second kappa shape index (κ2) is 8.12. The number of ether oxygens (including phenoxy) is 1. The van der Waals surface area contributed by atoms with E-state index in [0.717, 1.165) is 5.56 Å². The van der Waals surface area contributed by atoms with Crippen LogP contribution >= 0.6 is 0 Å². The zero-order chi connectivity index (χ0) is 17.5. The number of aliphatic hydroxyl groups is 1. The van der Waals surface area contributed by atoms with Crippen LogP contribution < -0.4 is 10.1 Å². The van der Waals surface area contributed by atoms with Gasteiger partial charge in [-0.1, -0.05) is 42.5 Å². The van der Waals surface area contributed by atoms with Crippen molar-refractivity contribution in [1.29, 1.82) is 0 Å². The van der Waals surface area contributed by atoms with Gasteiger partial charge in [0.15, 0.2) is 6.04 Å².